The first-order valence-electron chi connectivity index (χ1n) is 8.64. The Hall–Kier alpha value is -1.50. The summed E-state index contributed by atoms with van der Waals surface area (Å²) in [6.45, 7) is 4.01. The fourth-order valence-electron chi connectivity index (χ4n) is 3.37. The van der Waals surface area contributed by atoms with E-state index in [1.807, 2.05) is 4.90 Å². The van der Waals surface area contributed by atoms with Gasteiger partial charge >= 0.3 is 0 Å². The van der Waals surface area contributed by atoms with Gasteiger partial charge < -0.3 is 14.7 Å². The van der Waals surface area contributed by atoms with Crippen molar-refractivity contribution in [3.8, 4) is 0 Å². The molecule has 132 valence electrons. The summed E-state index contributed by atoms with van der Waals surface area (Å²) < 4.78 is 18.8. The Morgan fingerprint density at radius 2 is 1.92 bits per heavy atom. The zero-order valence-electron chi connectivity index (χ0n) is 13.9. The van der Waals surface area contributed by atoms with Gasteiger partial charge in [-0.1, -0.05) is 12.1 Å². The van der Waals surface area contributed by atoms with E-state index < -0.39 is 0 Å². The topological polar surface area (TPSA) is 53.0 Å². The van der Waals surface area contributed by atoms with Crippen LogP contribution in [0.4, 0.5) is 4.39 Å². The molecule has 0 aromatic heterocycles. The van der Waals surface area contributed by atoms with Gasteiger partial charge in [0.1, 0.15) is 11.9 Å². The van der Waals surface area contributed by atoms with E-state index in [4.69, 9.17) is 4.74 Å². The van der Waals surface area contributed by atoms with E-state index in [1.54, 1.807) is 12.1 Å². The lowest BCUT2D eigenvalue weighted by Crippen LogP contribution is -2.48. The summed E-state index contributed by atoms with van der Waals surface area (Å²) in [4.78, 5) is 16.6. The van der Waals surface area contributed by atoms with Crippen molar-refractivity contribution in [3.05, 3.63) is 35.6 Å². The highest BCUT2D eigenvalue weighted by molar-refractivity contribution is 5.78. The predicted octanol–water partition coefficient (Wildman–Crippen LogP) is 1.43. The van der Waals surface area contributed by atoms with E-state index in [9.17, 15) is 14.3 Å². The minimum Gasteiger partial charge on any atom is -0.396 e. The number of aliphatic hydroxyl groups is 1. The van der Waals surface area contributed by atoms with Crippen LogP contribution in [0.2, 0.25) is 0 Å². The first-order valence-corrected chi connectivity index (χ1v) is 8.64. The summed E-state index contributed by atoms with van der Waals surface area (Å²) >= 11 is 0. The van der Waals surface area contributed by atoms with Gasteiger partial charge in [-0.15, -0.1) is 0 Å². The number of benzene rings is 1. The van der Waals surface area contributed by atoms with Crippen LogP contribution in [0.25, 0.3) is 0 Å². The predicted molar refractivity (Wildman–Crippen MR) is 87.9 cm³/mol. The number of piperidine rings is 1. The number of ether oxygens (including phenoxy) is 1. The third-order valence-electron chi connectivity index (χ3n) is 4.99. The van der Waals surface area contributed by atoms with E-state index in [0.717, 1.165) is 31.5 Å². The van der Waals surface area contributed by atoms with E-state index in [-0.39, 0.29) is 24.4 Å². The van der Waals surface area contributed by atoms with Crippen LogP contribution in [0, 0.1) is 11.7 Å². The molecule has 1 amide bonds. The molecule has 1 atom stereocenters. The molecule has 5 nitrogen and oxygen atoms in total. The fourth-order valence-corrected chi connectivity index (χ4v) is 3.37. The van der Waals surface area contributed by atoms with Crippen LogP contribution in [0.5, 0.6) is 0 Å². The molecule has 2 fully saturated rings. The smallest absolute Gasteiger partial charge is 0.236 e. The SMILES string of the molecule is O=C(CN1CCC(CO)CC1)N1CCOC(c2ccc(F)cc2)C1. The Morgan fingerprint density at radius 3 is 2.58 bits per heavy atom. The molecule has 0 aliphatic carbocycles. The molecule has 6 heteroatoms. The third-order valence-corrected chi connectivity index (χ3v) is 4.99. The summed E-state index contributed by atoms with van der Waals surface area (Å²) in [5.74, 6) is 0.226. The molecule has 2 heterocycles. The Bertz CT molecular complexity index is 544. The van der Waals surface area contributed by atoms with Crippen LogP contribution in [0.3, 0.4) is 0 Å². The van der Waals surface area contributed by atoms with Gasteiger partial charge in [0, 0.05) is 13.2 Å². The summed E-state index contributed by atoms with van der Waals surface area (Å²) in [5, 5.41) is 9.19. The van der Waals surface area contributed by atoms with Gasteiger partial charge in [-0.25, -0.2) is 4.39 Å². The lowest BCUT2D eigenvalue weighted by atomic mass is 9.98. The summed E-state index contributed by atoms with van der Waals surface area (Å²) in [6, 6.07) is 6.27. The van der Waals surface area contributed by atoms with Gasteiger partial charge in [0.25, 0.3) is 0 Å². The normalized spacial score (nSPS) is 23.4. The number of likely N-dealkylation sites (tertiary alicyclic amines) is 1. The molecule has 1 aromatic carbocycles. The second kappa shape index (κ2) is 8.05. The molecular formula is C18H25FN2O3. The maximum Gasteiger partial charge on any atom is 0.236 e. The maximum atomic E-state index is 13.0. The summed E-state index contributed by atoms with van der Waals surface area (Å²) in [5.41, 5.74) is 0.901. The number of halogens is 1. The van der Waals surface area contributed by atoms with Crippen LogP contribution < -0.4 is 0 Å². The second-order valence-corrected chi connectivity index (χ2v) is 6.65. The van der Waals surface area contributed by atoms with Crippen molar-refractivity contribution < 1.29 is 19.0 Å². The standard InChI is InChI=1S/C18H25FN2O3/c19-16-3-1-15(2-4-16)17-11-21(9-10-24-17)18(23)12-20-7-5-14(13-22)6-8-20/h1-4,14,17,22H,5-13H2. The molecule has 2 aliphatic rings. The number of rotatable bonds is 4. The van der Waals surface area contributed by atoms with E-state index in [0.29, 0.717) is 32.2 Å². The van der Waals surface area contributed by atoms with Crippen molar-refractivity contribution in [3.63, 3.8) is 0 Å². The Kier molecular flexibility index (Phi) is 5.81. The average Bonchev–Trinajstić information content (AvgIpc) is 2.63. The fraction of sp³-hybridized carbons (Fsp3) is 0.611. The van der Waals surface area contributed by atoms with Gasteiger partial charge in [0.05, 0.1) is 19.7 Å². The van der Waals surface area contributed by atoms with Crippen LogP contribution in [-0.4, -0.2) is 66.8 Å². The molecule has 1 N–H and O–H groups in total. The Balaban J connectivity index is 1.52. The number of amides is 1. The largest absolute Gasteiger partial charge is 0.396 e. The molecule has 0 spiro atoms. The van der Waals surface area contributed by atoms with Crippen LogP contribution in [0.1, 0.15) is 24.5 Å². The van der Waals surface area contributed by atoms with E-state index in [1.165, 1.54) is 12.1 Å². The number of hydrogen-bond donors (Lipinski definition) is 1. The zero-order chi connectivity index (χ0) is 16.9. The van der Waals surface area contributed by atoms with Gasteiger partial charge in [0.2, 0.25) is 5.91 Å². The first-order chi connectivity index (χ1) is 11.7. The summed E-state index contributed by atoms with van der Waals surface area (Å²) in [6.07, 6.45) is 1.71. The van der Waals surface area contributed by atoms with Crippen LogP contribution in [-0.2, 0) is 9.53 Å². The van der Waals surface area contributed by atoms with Crippen molar-refractivity contribution in [1.29, 1.82) is 0 Å². The molecule has 2 saturated heterocycles. The second-order valence-electron chi connectivity index (χ2n) is 6.65. The van der Waals surface area contributed by atoms with Gasteiger partial charge in [-0.3, -0.25) is 9.69 Å². The average molecular weight is 336 g/mol. The van der Waals surface area contributed by atoms with E-state index in [2.05, 4.69) is 4.90 Å². The number of aliphatic hydroxyl groups excluding tert-OH is 1. The van der Waals surface area contributed by atoms with Crippen molar-refractivity contribution in [2.24, 2.45) is 5.92 Å². The third kappa shape index (κ3) is 4.32. The highest BCUT2D eigenvalue weighted by Gasteiger charge is 2.27. The van der Waals surface area contributed by atoms with Crippen LogP contribution >= 0.6 is 0 Å². The van der Waals surface area contributed by atoms with Crippen molar-refractivity contribution in [2.45, 2.75) is 18.9 Å². The van der Waals surface area contributed by atoms with Gasteiger partial charge in [-0.05, 0) is 49.5 Å². The zero-order valence-corrected chi connectivity index (χ0v) is 13.9. The number of nitrogens with zero attached hydrogens (tertiary/aromatic N) is 2. The Morgan fingerprint density at radius 1 is 1.21 bits per heavy atom. The maximum absolute atomic E-state index is 13.0. The van der Waals surface area contributed by atoms with E-state index >= 15 is 0 Å². The quantitative estimate of drug-likeness (QED) is 0.904. The number of carbonyl (C=O) groups excluding carboxylic acids is 1. The molecule has 1 unspecified atom stereocenters. The van der Waals surface area contributed by atoms with Crippen LogP contribution in [0.15, 0.2) is 24.3 Å². The van der Waals surface area contributed by atoms with Crippen molar-refractivity contribution in [2.75, 3.05) is 45.9 Å². The Labute approximate surface area is 142 Å². The minimum absolute atomic E-state index is 0.118. The molecule has 3 rings (SSSR count). The first kappa shape index (κ1) is 17.3. The minimum atomic E-state index is -0.270. The lowest BCUT2D eigenvalue weighted by Gasteiger charge is -2.36. The monoisotopic (exact) mass is 336 g/mol. The molecule has 2 aliphatic heterocycles. The van der Waals surface area contributed by atoms with Crippen molar-refractivity contribution in [1.82, 2.24) is 9.80 Å². The molecule has 0 radical (unpaired) electrons. The number of carbonyl (C=O) groups is 1. The molecule has 24 heavy (non-hydrogen) atoms. The highest BCUT2D eigenvalue weighted by atomic mass is 19.1. The number of morpholine rings is 1. The van der Waals surface area contributed by atoms with Gasteiger partial charge in [0.15, 0.2) is 0 Å². The molecular weight excluding hydrogens is 311 g/mol. The molecule has 1 aromatic rings. The van der Waals surface area contributed by atoms with Gasteiger partial charge in [-0.2, -0.15) is 0 Å². The number of hydrogen-bond acceptors (Lipinski definition) is 4. The molecule has 0 saturated carbocycles. The summed E-state index contributed by atoms with van der Waals surface area (Å²) in [7, 11) is 0. The lowest BCUT2D eigenvalue weighted by molar-refractivity contribution is -0.140. The van der Waals surface area contributed by atoms with Crippen molar-refractivity contribution >= 4 is 5.91 Å². The molecule has 0 bridgehead atoms. The highest BCUT2D eigenvalue weighted by Crippen LogP contribution is 2.23.